The Balaban J connectivity index is 1.96. The van der Waals surface area contributed by atoms with Crippen molar-refractivity contribution in [1.29, 1.82) is 0 Å². The highest BCUT2D eigenvalue weighted by Gasteiger charge is 2.27. The fourth-order valence-electron chi connectivity index (χ4n) is 3.34. The first kappa shape index (κ1) is 15.4. The molecule has 0 amide bonds. The number of hydrogen-bond acceptors (Lipinski definition) is 2. The Hall–Kier alpha value is -1.48. The molecule has 1 heterocycles. The Bertz CT molecular complexity index is 660. The van der Waals surface area contributed by atoms with Gasteiger partial charge in [0.2, 0.25) is 0 Å². The van der Waals surface area contributed by atoms with Crippen molar-refractivity contribution in [2.45, 2.75) is 39.0 Å². The molecular formula is C19H21FNS. The summed E-state index contributed by atoms with van der Waals surface area (Å²) >= 11 is 1.71. The van der Waals surface area contributed by atoms with E-state index in [0.29, 0.717) is 12.3 Å². The molecule has 0 N–H and O–H groups in total. The summed E-state index contributed by atoms with van der Waals surface area (Å²) in [5.41, 5.74) is 5.59. The molecule has 0 aliphatic heterocycles. The van der Waals surface area contributed by atoms with E-state index in [1.807, 2.05) is 11.6 Å². The fraction of sp³-hybridized carbons (Fsp3) is 0.368. The van der Waals surface area contributed by atoms with Gasteiger partial charge in [-0.15, -0.1) is 11.3 Å². The maximum atomic E-state index is 12.6. The molecule has 1 atom stereocenters. The Morgan fingerprint density at radius 3 is 2.91 bits per heavy atom. The van der Waals surface area contributed by atoms with Gasteiger partial charge < -0.3 is 0 Å². The number of hydrogen-bond donors (Lipinski definition) is 0. The van der Waals surface area contributed by atoms with E-state index in [4.69, 9.17) is 0 Å². The lowest BCUT2D eigenvalue weighted by Crippen LogP contribution is -2.01. The van der Waals surface area contributed by atoms with Crippen molar-refractivity contribution in [3.8, 4) is 0 Å². The molecule has 1 aliphatic rings. The number of halogens is 1. The molecule has 1 aliphatic carbocycles. The molecule has 3 heteroatoms. The van der Waals surface area contributed by atoms with Gasteiger partial charge in [0.05, 0.1) is 11.7 Å². The van der Waals surface area contributed by atoms with Crippen LogP contribution in [-0.2, 0) is 6.42 Å². The Kier molecular flexibility index (Phi) is 4.72. The van der Waals surface area contributed by atoms with Crippen molar-refractivity contribution in [1.82, 2.24) is 4.98 Å². The molecule has 1 nitrogen and oxygen atoms in total. The third-order valence-electron chi connectivity index (χ3n) is 4.38. The summed E-state index contributed by atoms with van der Waals surface area (Å²) in [7, 11) is 0. The Labute approximate surface area is 135 Å². The zero-order valence-electron chi connectivity index (χ0n) is 13.1. The highest BCUT2D eigenvalue weighted by Crippen LogP contribution is 2.44. The topological polar surface area (TPSA) is 12.9 Å². The van der Waals surface area contributed by atoms with Gasteiger partial charge >= 0.3 is 0 Å². The third-order valence-corrected chi connectivity index (χ3v) is 5.34. The van der Waals surface area contributed by atoms with Crippen LogP contribution in [-0.4, -0.2) is 11.7 Å². The first-order valence-corrected chi connectivity index (χ1v) is 8.65. The van der Waals surface area contributed by atoms with Crippen molar-refractivity contribution in [3.63, 3.8) is 0 Å². The van der Waals surface area contributed by atoms with E-state index in [2.05, 4.69) is 43.1 Å². The molecule has 0 spiro atoms. The lowest BCUT2D eigenvalue weighted by molar-refractivity contribution is 0.474. The maximum Gasteiger partial charge on any atom is 0.0997 e. The van der Waals surface area contributed by atoms with E-state index in [0.717, 1.165) is 17.8 Å². The highest BCUT2D eigenvalue weighted by molar-refractivity contribution is 7.09. The summed E-state index contributed by atoms with van der Waals surface area (Å²) in [6.07, 6.45) is 4.34. The highest BCUT2D eigenvalue weighted by atomic mass is 32.1. The Morgan fingerprint density at radius 2 is 2.18 bits per heavy atom. The molecule has 0 bridgehead atoms. The van der Waals surface area contributed by atoms with E-state index in [1.165, 1.54) is 28.2 Å². The van der Waals surface area contributed by atoms with Crippen molar-refractivity contribution in [2.24, 2.45) is 0 Å². The van der Waals surface area contributed by atoms with Crippen LogP contribution >= 0.6 is 11.3 Å². The molecule has 115 valence electrons. The van der Waals surface area contributed by atoms with Crippen LogP contribution in [0.3, 0.4) is 0 Å². The summed E-state index contributed by atoms with van der Waals surface area (Å²) in [5, 5.41) is 3.19. The maximum absolute atomic E-state index is 12.6. The van der Waals surface area contributed by atoms with Gasteiger partial charge in [-0.05, 0) is 41.9 Å². The number of aromatic nitrogens is 1. The predicted octanol–water partition coefficient (Wildman–Crippen LogP) is 5.60. The summed E-state index contributed by atoms with van der Waals surface area (Å²) < 4.78 is 12.6. The summed E-state index contributed by atoms with van der Waals surface area (Å²) in [6.45, 7) is 4.05. The van der Waals surface area contributed by atoms with Crippen LogP contribution in [0.4, 0.5) is 4.39 Å². The number of nitrogens with zero attached hydrogens (tertiary/aromatic N) is 1. The molecular weight excluding hydrogens is 293 g/mol. The van der Waals surface area contributed by atoms with Crippen molar-refractivity contribution < 1.29 is 4.39 Å². The van der Waals surface area contributed by atoms with Gasteiger partial charge in [-0.25, -0.2) is 4.98 Å². The third kappa shape index (κ3) is 3.00. The van der Waals surface area contributed by atoms with Crippen LogP contribution in [0, 0.1) is 5.92 Å². The minimum absolute atomic E-state index is 0.260. The number of benzene rings is 1. The smallest absolute Gasteiger partial charge is 0.0997 e. The average Bonchev–Trinajstić information content (AvgIpc) is 3.14. The second kappa shape index (κ2) is 6.74. The molecule has 3 rings (SSSR count). The molecule has 1 radical (unpaired) electrons. The van der Waals surface area contributed by atoms with Crippen LogP contribution in [0.5, 0.6) is 0 Å². The lowest BCUT2D eigenvalue weighted by Gasteiger charge is -2.17. The number of fused-ring (bicyclic) bond motifs is 1. The van der Waals surface area contributed by atoms with E-state index >= 15 is 0 Å². The van der Waals surface area contributed by atoms with Gasteiger partial charge in [0.15, 0.2) is 0 Å². The van der Waals surface area contributed by atoms with Crippen molar-refractivity contribution in [2.75, 3.05) is 6.67 Å². The number of rotatable bonds is 6. The minimum Gasteiger partial charge on any atom is -0.251 e. The number of allylic oxidation sites excluding steroid dienone is 2. The quantitative estimate of drug-likeness (QED) is 0.676. The first-order valence-electron chi connectivity index (χ1n) is 7.77. The second-order valence-electron chi connectivity index (χ2n) is 6.02. The molecule has 2 aromatic rings. The molecule has 1 aromatic heterocycles. The van der Waals surface area contributed by atoms with Crippen LogP contribution in [0.25, 0.3) is 5.57 Å². The molecule has 0 saturated carbocycles. The normalized spacial score (nSPS) is 15.5. The van der Waals surface area contributed by atoms with Gasteiger partial charge in [0.25, 0.3) is 0 Å². The summed E-state index contributed by atoms with van der Waals surface area (Å²) in [5.74, 6) is 1.53. The van der Waals surface area contributed by atoms with Crippen molar-refractivity contribution >= 4 is 16.9 Å². The molecule has 0 saturated heterocycles. The van der Waals surface area contributed by atoms with Crippen molar-refractivity contribution in [3.05, 3.63) is 63.5 Å². The fourth-order valence-corrected chi connectivity index (χ4v) is 4.04. The average molecular weight is 314 g/mol. The standard InChI is InChI=1S/C19H21FNS/c1-13(7-8-20)11-16-12-15-5-3-4-6-17(15)18(16)14(2)19-21-9-10-22-19/h3-6,9-10,14H,7-8,11-12H2,1-2H3. The second-order valence-corrected chi connectivity index (χ2v) is 6.94. The predicted molar refractivity (Wildman–Crippen MR) is 91.7 cm³/mol. The van der Waals surface area contributed by atoms with Gasteiger partial charge in [-0.3, -0.25) is 4.39 Å². The van der Waals surface area contributed by atoms with E-state index < -0.39 is 0 Å². The van der Waals surface area contributed by atoms with Gasteiger partial charge in [0, 0.05) is 17.5 Å². The number of alkyl halides is 1. The minimum atomic E-state index is -0.260. The van der Waals surface area contributed by atoms with Crippen LogP contribution < -0.4 is 0 Å². The molecule has 1 unspecified atom stereocenters. The van der Waals surface area contributed by atoms with E-state index in [1.54, 1.807) is 11.3 Å². The van der Waals surface area contributed by atoms with E-state index in [9.17, 15) is 4.39 Å². The van der Waals surface area contributed by atoms with Crippen LogP contribution in [0.2, 0.25) is 0 Å². The molecule has 1 aromatic carbocycles. The number of thiazole rings is 1. The summed E-state index contributed by atoms with van der Waals surface area (Å²) in [6, 6.07) is 8.63. The van der Waals surface area contributed by atoms with Gasteiger partial charge in [-0.2, -0.15) is 0 Å². The lowest BCUT2D eigenvalue weighted by atomic mass is 9.89. The monoisotopic (exact) mass is 314 g/mol. The molecule has 22 heavy (non-hydrogen) atoms. The van der Waals surface area contributed by atoms with Gasteiger partial charge in [0.1, 0.15) is 0 Å². The Morgan fingerprint density at radius 1 is 1.36 bits per heavy atom. The zero-order chi connectivity index (χ0) is 15.5. The van der Waals surface area contributed by atoms with Gasteiger partial charge in [-0.1, -0.05) is 43.7 Å². The molecule has 0 fully saturated rings. The largest absolute Gasteiger partial charge is 0.251 e. The summed E-state index contributed by atoms with van der Waals surface area (Å²) in [4.78, 5) is 4.50. The SMILES string of the molecule is C[C](CCF)CC1=C(C(C)c2nccs2)c2ccccc2C1. The first-order chi connectivity index (χ1) is 10.7. The van der Waals surface area contributed by atoms with E-state index in [-0.39, 0.29) is 6.67 Å². The zero-order valence-corrected chi connectivity index (χ0v) is 13.9. The van der Waals surface area contributed by atoms with Crippen LogP contribution in [0.15, 0.2) is 41.4 Å². The van der Waals surface area contributed by atoms with Crippen LogP contribution in [0.1, 0.15) is 48.7 Å².